The van der Waals surface area contributed by atoms with Crippen LogP contribution in [0.5, 0.6) is 0 Å². The van der Waals surface area contributed by atoms with E-state index in [0.717, 1.165) is 26.2 Å². The molecular weight excluding hydrogens is 352 g/mol. The third-order valence-electron chi connectivity index (χ3n) is 4.56. The second-order valence-electron chi connectivity index (χ2n) is 6.83. The molecule has 0 bridgehead atoms. The number of morpholine rings is 1. The molecule has 1 aromatic carbocycles. The Morgan fingerprint density at radius 2 is 1.88 bits per heavy atom. The number of hydrogen-bond donors (Lipinski definition) is 0. The highest BCUT2D eigenvalue weighted by atomic mass is 35.5. The Kier molecular flexibility index (Phi) is 5.96. The molecule has 1 aliphatic rings. The van der Waals surface area contributed by atoms with Crippen molar-refractivity contribution in [1.82, 2.24) is 14.7 Å². The minimum atomic E-state index is -0.309. The standard InChI is InChI=1S/C19H25ClN4O2/c1-14-12-23(13-15(2)26-14)10-9-22(3)17-11-21-24(19(25)18(17)20)16-7-5-4-6-8-16/h4-8,11,14-15H,9-10,12-13H2,1-3H3/t14-,15+. The van der Waals surface area contributed by atoms with Gasteiger partial charge in [-0.05, 0) is 26.0 Å². The van der Waals surface area contributed by atoms with Crippen LogP contribution in [-0.4, -0.2) is 60.1 Å². The molecule has 2 heterocycles. The van der Waals surface area contributed by atoms with Crippen molar-refractivity contribution >= 4 is 17.3 Å². The highest BCUT2D eigenvalue weighted by molar-refractivity contribution is 6.33. The minimum Gasteiger partial charge on any atom is -0.373 e. The van der Waals surface area contributed by atoms with Gasteiger partial charge < -0.3 is 9.64 Å². The molecular formula is C19H25ClN4O2. The third kappa shape index (κ3) is 4.26. The maximum atomic E-state index is 12.6. The largest absolute Gasteiger partial charge is 0.373 e. The summed E-state index contributed by atoms with van der Waals surface area (Å²) in [5.74, 6) is 0. The van der Waals surface area contributed by atoms with Gasteiger partial charge in [0.1, 0.15) is 5.02 Å². The topological polar surface area (TPSA) is 50.6 Å². The zero-order chi connectivity index (χ0) is 18.7. The third-order valence-corrected chi connectivity index (χ3v) is 4.91. The van der Waals surface area contributed by atoms with E-state index >= 15 is 0 Å². The van der Waals surface area contributed by atoms with Crippen LogP contribution < -0.4 is 10.5 Å². The molecule has 2 aromatic rings. The van der Waals surface area contributed by atoms with Crippen LogP contribution in [0.25, 0.3) is 5.69 Å². The van der Waals surface area contributed by atoms with Crippen molar-refractivity contribution in [2.45, 2.75) is 26.1 Å². The van der Waals surface area contributed by atoms with Crippen molar-refractivity contribution in [1.29, 1.82) is 0 Å². The van der Waals surface area contributed by atoms with E-state index in [1.165, 1.54) is 4.68 Å². The number of aromatic nitrogens is 2. The normalized spacial score (nSPS) is 20.9. The van der Waals surface area contributed by atoms with Crippen LogP contribution in [0.15, 0.2) is 41.3 Å². The molecule has 0 unspecified atom stereocenters. The minimum absolute atomic E-state index is 0.190. The quantitative estimate of drug-likeness (QED) is 0.802. The maximum absolute atomic E-state index is 12.6. The first-order valence-corrected chi connectivity index (χ1v) is 9.25. The number of benzene rings is 1. The average Bonchev–Trinajstić information content (AvgIpc) is 2.62. The Morgan fingerprint density at radius 1 is 1.23 bits per heavy atom. The van der Waals surface area contributed by atoms with Crippen LogP contribution in [0.2, 0.25) is 5.02 Å². The number of hydrogen-bond acceptors (Lipinski definition) is 5. The van der Waals surface area contributed by atoms with Gasteiger partial charge in [-0.25, -0.2) is 0 Å². The van der Waals surface area contributed by atoms with E-state index in [4.69, 9.17) is 16.3 Å². The van der Waals surface area contributed by atoms with Gasteiger partial charge in [0.15, 0.2) is 0 Å². The second kappa shape index (κ2) is 8.20. The summed E-state index contributed by atoms with van der Waals surface area (Å²) in [7, 11) is 1.93. The lowest BCUT2D eigenvalue weighted by atomic mass is 10.2. The molecule has 6 nitrogen and oxygen atoms in total. The highest BCUT2D eigenvalue weighted by Crippen LogP contribution is 2.20. The van der Waals surface area contributed by atoms with E-state index < -0.39 is 0 Å². The molecule has 2 atom stereocenters. The van der Waals surface area contributed by atoms with Gasteiger partial charge in [-0.15, -0.1) is 0 Å². The predicted octanol–water partition coefficient (Wildman–Crippen LogP) is 2.43. The molecule has 7 heteroatoms. The van der Waals surface area contributed by atoms with Gasteiger partial charge in [-0.1, -0.05) is 29.8 Å². The Hall–Kier alpha value is -1.89. The number of anilines is 1. The summed E-state index contributed by atoms with van der Waals surface area (Å²) < 4.78 is 7.09. The number of rotatable bonds is 5. The van der Waals surface area contributed by atoms with E-state index in [1.807, 2.05) is 42.3 Å². The molecule has 0 saturated carbocycles. The Morgan fingerprint density at radius 3 is 2.54 bits per heavy atom. The molecule has 140 valence electrons. The SMILES string of the molecule is C[C@@H]1CN(CCN(C)c2cnn(-c3ccccc3)c(=O)c2Cl)C[C@H](C)O1. The number of halogens is 1. The summed E-state index contributed by atoms with van der Waals surface area (Å²) in [4.78, 5) is 17.0. The van der Waals surface area contributed by atoms with Gasteiger partial charge in [0.2, 0.25) is 0 Å². The molecule has 0 amide bonds. The van der Waals surface area contributed by atoms with Gasteiger partial charge in [0, 0.05) is 33.2 Å². The molecule has 26 heavy (non-hydrogen) atoms. The fourth-order valence-electron chi connectivity index (χ4n) is 3.32. The van der Waals surface area contributed by atoms with E-state index in [-0.39, 0.29) is 22.8 Å². The molecule has 0 radical (unpaired) electrons. The average molecular weight is 377 g/mol. The van der Waals surface area contributed by atoms with E-state index in [9.17, 15) is 4.79 Å². The molecule has 0 aliphatic carbocycles. The van der Waals surface area contributed by atoms with Crippen molar-refractivity contribution < 1.29 is 4.74 Å². The molecule has 3 rings (SSSR count). The number of para-hydroxylation sites is 1. The number of nitrogens with zero attached hydrogens (tertiary/aromatic N) is 4. The summed E-state index contributed by atoms with van der Waals surface area (Å²) in [6.07, 6.45) is 2.13. The molecule has 1 aliphatic heterocycles. The van der Waals surface area contributed by atoms with Crippen molar-refractivity contribution in [3.63, 3.8) is 0 Å². The van der Waals surface area contributed by atoms with Crippen molar-refractivity contribution in [3.8, 4) is 5.69 Å². The van der Waals surface area contributed by atoms with Gasteiger partial charge in [0.25, 0.3) is 5.56 Å². The van der Waals surface area contributed by atoms with Crippen LogP contribution in [0.3, 0.4) is 0 Å². The fraction of sp³-hybridized carbons (Fsp3) is 0.474. The Labute approximate surface area is 158 Å². The van der Waals surface area contributed by atoms with Crippen LogP contribution >= 0.6 is 11.6 Å². The van der Waals surface area contributed by atoms with Crippen molar-refractivity contribution in [3.05, 3.63) is 51.9 Å². The predicted molar refractivity (Wildman–Crippen MR) is 105 cm³/mol. The van der Waals surface area contributed by atoms with Gasteiger partial charge >= 0.3 is 0 Å². The van der Waals surface area contributed by atoms with Crippen LogP contribution in [0.4, 0.5) is 5.69 Å². The smallest absolute Gasteiger partial charge is 0.292 e. The van der Waals surface area contributed by atoms with Crippen molar-refractivity contribution in [2.24, 2.45) is 0 Å². The lowest BCUT2D eigenvalue weighted by Crippen LogP contribution is -2.47. The van der Waals surface area contributed by atoms with Crippen LogP contribution in [0, 0.1) is 0 Å². The Bertz CT molecular complexity index is 786. The molecule has 0 N–H and O–H groups in total. The zero-order valence-electron chi connectivity index (χ0n) is 15.4. The van der Waals surface area contributed by atoms with Crippen molar-refractivity contribution in [2.75, 3.05) is 38.1 Å². The van der Waals surface area contributed by atoms with Gasteiger partial charge in [-0.2, -0.15) is 9.78 Å². The summed E-state index contributed by atoms with van der Waals surface area (Å²) in [5, 5.41) is 4.48. The van der Waals surface area contributed by atoms with E-state index in [0.29, 0.717) is 11.4 Å². The first-order valence-electron chi connectivity index (χ1n) is 8.88. The lowest BCUT2D eigenvalue weighted by molar-refractivity contribution is -0.0670. The summed E-state index contributed by atoms with van der Waals surface area (Å²) in [6.45, 7) is 7.66. The number of likely N-dealkylation sites (N-methyl/N-ethyl adjacent to an activating group) is 1. The molecule has 1 aromatic heterocycles. The zero-order valence-corrected chi connectivity index (χ0v) is 16.2. The first-order chi connectivity index (χ1) is 12.5. The fourth-order valence-corrected chi connectivity index (χ4v) is 3.60. The molecule has 0 spiro atoms. The van der Waals surface area contributed by atoms with Crippen LogP contribution in [0.1, 0.15) is 13.8 Å². The monoisotopic (exact) mass is 376 g/mol. The summed E-state index contributed by atoms with van der Waals surface area (Å²) in [5.41, 5.74) is 1.04. The Balaban J connectivity index is 1.71. The van der Waals surface area contributed by atoms with E-state index in [2.05, 4.69) is 23.8 Å². The maximum Gasteiger partial charge on any atom is 0.292 e. The number of ether oxygens (including phenoxy) is 1. The summed E-state index contributed by atoms with van der Waals surface area (Å²) >= 11 is 6.36. The lowest BCUT2D eigenvalue weighted by Gasteiger charge is -2.36. The van der Waals surface area contributed by atoms with Crippen LogP contribution in [-0.2, 0) is 4.74 Å². The second-order valence-corrected chi connectivity index (χ2v) is 7.21. The summed E-state index contributed by atoms with van der Waals surface area (Å²) in [6, 6.07) is 9.28. The van der Waals surface area contributed by atoms with E-state index in [1.54, 1.807) is 6.20 Å². The van der Waals surface area contributed by atoms with Gasteiger partial charge in [0.05, 0.1) is 29.8 Å². The molecule has 1 fully saturated rings. The molecule has 1 saturated heterocycles. The first kappa shape index (κ1) is 18.9. The van der Waals surface area contributed by atoms with Gasteiger partial charge in [-0.3, -0.25) is 9.69 Å². The highest BCUT2D eigenvalue weighted by Gasteiger charge is 2.22.